The summed E-state index contributed by atoms with van der Waals surface area (Å²) in [5.74, 6) is 0. The number of hydrogen-bond acceptors (Lipinski definition) is 4. The Hall–Kier alpha value is -2.24. The SMILES string of the molecule is CS(=O)(=O)c1c(-c2cccnc2)ncc(Cl)c1-c1ccccc1. The highest BCUT2D eigenvalue weighted by Gasteiger charge is 2.24. The van der Waals surface area contributed by atoms with E-state index in [1.54, 1.807) is 24.5 Å². The average Bonchev–Trinajstić information content (AvgIpc) is 2.55. The van der Waals surface area contributed by atoms with Crippen molar-refractivity contribution < 1.29 is 8.42 Å². The lowest BCUT2D eigenvalue weighted by Gasteiger charge is -2.14. The Kier molecular flexibility index (Phi) is 4.15. The van der Waals surface area contributed by atoms with Crippen molar-refractivity contribution in [2.75, 3.05) is 6.26 Å². The van der Waals surface area contributed by atoms with Crippen molar-refractivity contribution in [1.82, 2.24) is 9.97 Å². The van der Waals surface area contributed by atoms with E-state index in [1.165, 1.54) is 6.20 Å². The van der Waals surface area contributed by atoms with Gasteiger partial charge in [-0.2, -0.15) is 0 Å². The first-order chi connectivity index (χ1) is 11.0. The van der Waals surface area contributed by atoms with E-state index in [4.69, 9.17) is 11.6 Å². The van der Waals surface area contributed by atoms with E-state index in [9.17, 15) is 8.42 Å². The van der Waals surface area contributed by atoms with E-state index in [0.717, 1.165) is 11.8 Å². The van der Waals surface area contributed by atoms with Gasteiger partial charge in [0.25, 0.3) is 0 Å². The summed E-state index contributed by atoms with van der Waals surface area (Å²) in [5.41, 5.74) is 2.17. The van der Waals surface area contributed by atoms with E-state index in [0.29, 0.717) is 21.8 Å². The fourth-order valence-corrected chi connectivity index (χ4v) is 3.84. The van der Waals surface area contributed by atoms with Gasteiger partial charge in [0.1, 0.15) is 4.90 Å². The van der Waals surface area contributed by atoms with Crippen LogP contribution in [0.1, 0.15) is 0 Å². The summed E-state index contributed by atoms with van der Waals surface area (Å²) in [6.45, 7) is 0. The van der Waals surface area contributed by atoms with Crippen molar-refractivity contribution in [3.05, 3.63) is 66.1 Å². The largest absolute Gasteiger partial charge is 0.264 e. The zero-order chi connectivity index (χ0) is 16.4. The highest BCUT2D eigenvalue weighted by atomic mass is 35.5. The standard InChI is InChI=1S/C17H13ClN2O2S/c1-23(21,22)17-15(12-6-3-2-4-7-12)14(18)11-20-16(17)13-8-5-9-19-10-13/h2-11H,1H3. The Morgan fingerprint density at radius 1 is 0.957 bits per heavy atom. The summed E-state index contributed by atoms with van der Waals surface area (Å²) in [6.07, 6.45) is 5.84. The third-order valence-electron chi connectivity index (χ3n) is 3.36. The maximum atomic E-state index is 12.5. The van der Waals surface area contributed by atoms with Gasteiger partial charge in [0.05, 0.1) is 10.7 Å². The summed E-state index contributed by atoms with van der Waals surface area (Å²) in [7, 11) is -3.56. The van der Waals surface area contributed by atoms with Crippen LogP contribution in [0, 0.1) is 0 Å². The summed E-state index contributed by atoms with van der Waals surface area (Å²) in [5, 5.41) is 0.296. The van der Waals surface area contributed by atoms with E-state index >= 15 is 0 Å². The zero-order valence-electron chi connectivity index (χ0n) is 12.3. The molecule has 1 aromatic carbocycles. The van der Waals surface area contributed by atoms with Gasteiger partial charge >= 0.3 is 0 Å². The monoisotopic (exact) mass is 344 g/mol. The van der Waals surface area contributed by atoms with Crippen molar-refractivity contribution in [2.24, 2.45) is 0 Å². The van der Waals surface area contributed by atoms with Crippen molar-refractivity contribution in [3.8, 4) is 22.4 Å². The van der Waals surface area contributed by atoms with Crippen molar-refractivity contribution >= 4 is 21.4 Å². The number of halogens is 1. The predicted molar refractivity (Wildman–Crippen MR) is 91.0 cm³/mol. The lowest BCUT2D eigenvalue weighted by Crippen LogP contribution is -2.05. The normalized spacial score (nSPS) is 11.4. The van der Waals surface area contributed by atoms with Gasteiger partial charge < -0.3 is 0 Å². The maximum absolute atomic E-state index is 12.5. The molecule has 0 amide bonds. The molecule has 4 nitrogen and oxygen atoms in total. The highest BCUT2D eigenvalue weighted by molar-refractivity contribution is 7.91. The smallest absolute Gasteiger partial charge is 0.178 e. The van der Waals surface area contributed by atoms with Crippen LogP contribution in [0.25, 0.3) is 22.4 Å². The Balaban J connectivity index is 2.41. The molecular formula is C17H13ClN2O2S. The molecule has 3 rings (SSSR count). The van der Waals surface area contributed by atoms with Crippen molar-refractivity contribution in [1.29, 1.82) is 0 Å². The molecule has 0 unspecified atom stereocenters. The molecule has 116 valence electrons. The molecule has 6 heteroatoms. The summed E-state index contributed by atoms with van der Waals surface area (Å²) in [6, 6.07) is 12.7. The van der Waals surface area contributed by atoms with Crippen LogP contribution in [0.4, 0.5) is 0 Å². The molecular weight excluding hydrogens is 332 g/mol. The topological polar surface area (TPSA) is 59.9 Å². The molecule has 0 saturated carbocycles. The number of nitrogens with zero attached hydrogens (tertiary/aromatic N) is 2. The molecule has 0 spiro atoms. The van der Waals surface area contributed by atoms with Gasteiger partial charge in [-0.15, -0.1) is 0 Å². The van der Waals surface area contributed by atoms with Gasteiger partial charge in [-0.25, -0.2) is 8.42 Å². The third kappa shape index (κ3) is 3.11. The van der Waals surface area contributed by atoms with E-state index < -0.39 is 9.84 Å². The van der Waals surface area contributed by atoms with Crippen LogP contribution in [-0.4, -0.2) is 24.6 Å². The molecule has 2 heterocycles. The van der Waals surface area contributed by atoms with Gasteiger partial charge in [-0.3, -0.25) is 9.97 Å². The minimum Gasteiger partial charge on any atom is -0.264 e. The molecule has 0 aliphatic carbocycles. The van der Waals surface area contributed by atoms with Crippen molar-refractivity contribution in [2.45, 2.75) is 4.90 Å². The number of hydrogen-bond donors (Lipinski definition) is 0. The summed E-state index contributed by atoms with van der Waals surface area (Å²) < 4.78 is 24.9. The second kappa shape index (κ2) is 6.10. The molecule has 0 aliphatic rings. The molecule has 0 atom stereocenters. The number of aromatic nitrogens is 2. The minimum atomic E-state index is -3.56. The Bertz CT molecular complexity index is 943. The molecule has 0 bridgehead atoms. The fourth-order valence-electron chi connectivity index (χ4n) is 2.41. The average molecular weight is 345 g/mol. The van der Waals surface area contributed by atoms with Gasteiger partial charge in [-0.1, -0.05) is 41.9 Å². The molecule has 23 heavy (non-hydrogen) atoms. The van der Waals surface area contributed by atoms with Crippen molar-refractivity contribution in [3.63, 3.8) is 0 Å². The molecule has 0 N–H and O–H groups in total. The number of pyridine rings is 2. The van der Waals surface area contributed by atoms with Crippen LogP contribution in [-0.2, 0) is 9.84 Å². The van der Waals surface area contributed by atoms with Gasteiger partial charge in [0, 0.05) is 36.0 Å². The first kappa shape index (κ1) is 15.6. The Morgan fingerprint density at radius 2 is 1.65 bits per heavy atom. The van der Waals surface area contributed by atoms with Crippen LogP contribution < -0.4 is 0 Å². The number of sulfone groups is 1. The highest BCUT2D eigenvalue weighted by Crippen LogP contribution is 2.38. The van der Waals surface area contributed by atoms with Crippen LogP contribution >= 0.6 is 11.6 Å². The molecule has 3 aromatic rings. The maximum Gasteiger partial charge on any atom is 0.178 e. The van der Waals surface area contributed by atoms with Crippen LogP contribution in [0.2, 0.25) is 5.02 Å². The minimum absolute atomic E-state index is 0.115. The molecule has 0 aliphatic heterocycles. The van der Waals surface area contributed by atoms with Crippen LogP contribution in [0.15, 0.2) is 66.0 Å². The van der Waals surface area contributed by atoms with E-state index in [1.807, 2.05) is 30.3 Å². The zero-order valence-corrected chi connectivity index (χ0v) is 13.8. The van der Waals surface area contributed by atoms with Gasteiger partial charge in [-0.05, 0) is 17.7 Å². The number of benzene rings is 1. The first-order valence-corrected chi connectivity index (χ1v) is 9.10. The third-order valence-corrected chi connectivity index (χ3v) is 4.78. The summed E-state index contributed by atoms with van der Waals surface area (Å²) >= 11 is 6.29. The second-order valence-corrected chi connectivity index (χ2v) is 7.40. The van der Waals surface area contributed by atoms with Gasteiger partial charge in [0.2, 0.25) is 0 Å². The lowest BCUT2D eigenvalue weighted by atomic mass is 10.0. The van der Waals surface area contributed by atoms with Gasteiger partial charge in [0.15, 0.2) is 9.84 Å². The first-order valence-electron chi connectivity index (χ1n) is 6.83. The molecule has 0 saturated heterocycles. The van der Waals surface area contributed by atoms with E-state index in [-0.39, 0.29) is 4.90 Å². The fraction of sp³-hybridized carbons (Fsp3) is 0.0588. The van der Waals surface area contributed by atoms with E-state index in [2.05, 4.69) is 9.97 Å². The Labute approximate surface area is 139 Å². The Morgan fingerprint density at radius 3 is 2.26 bits per heavy atom. The quantitative estimate of drug-likeness (QED) is 0.723. The van der Waals surface area contributed by atoms with Crippen LogP contribution in [0.5, 0.6) is 0 Å². The number of rotatable bonds is 3. The second-order valence-electron chi connectivity index (χ2n) is 5.04. The predicted octanol–water partition coefficient (Wildman–Crippen LogP) is 3.87. The molecule has 0 fully saturated rings. The molecule has 2 aromatic heterocycles. The lowest BCUT2D eigenvalue weighted by molar-refractivity contribution is 0.602. The summed E-state index contributed by atoms with van der Waals surface area (Å²) in [4.78, 5) is 8.41. The van der Waals surface area contributed by atoms with Crippen LogP contribution in [0.3, 0.4) is 0 Å². The molecule has 0 radical (unpaired) electrons.